The molecule has 0 spiro atoms. The zero-order valence-corrected chi connectivity index (χ0v) is 19.8. The van der Waals surface area contributed by atoms with Crippen LogP contribution >= 0.6 is 11.6 Å². The minimum Gasteiger partial charge on any atom is -0.494 e. The lowest BCUT2D eigenvalue weighted by Gasteiger charge is -2.50. The fourth-order valence-corrected chi connectivity index (χ4v) is 7.10. The van der Waals surface area contributed by atoms with Gasteiger partial charge in [-0.05, 0) is 91.7 Å². The van der Waals surface area contributed by atoms with Crippen LogP contribution in [-0.4, -0.2) is 24.1 Å². The number of Topliss-reactive ketones (excluding diaryl/α,β-unsaturated/α-hetero) is 1. The highest BCUT2D eigenvalue weighted by molar-refractivity contribution is 6.17. The van der Waals surface area contributed by atoms with Crippen molar-refractivity contribution >= 4 is 23.2 Å². The second-order valence-corrected chi connectivity index (χ2v) is 10.6. The van der Waals surface area contributed by atoms with Crippen molar-refractivity contribution in [3.63, 3.8) is 0 Å². The van der Waals surface area contributed by atoms with Crippen LogP contribution in [-0.2, 0) is 9.59 Å². The van der Waals surface area contributed by atoms with Crippen LogP contribution in [0.3, 0.4) is 0 Å². The first-order chi connectivity index (χ1) is 15.5. The third kappa shape index (κ3) is 3.77. The van der Waals surface area contributed by atoms with Gasteiger partial charge in [-0.3, -0.25) is 9.59 Å². The van der Waals surface area contributed by atoms with Crippen molar-refractivity contribution in [3.05, 3.63) is 52.6 Å². The van der Waals surface area contributed by atoms with Gasteiger partial charge in [-0.25, -0.2) is 0 Å². The number of allylic oxidation sites excluding steroid dienone is 4. The number of unbranched alkanes of at least 4 members (excludes halogenated alkanes) is 1. The van der Waals surface area contributed by atoms with Gasteiger partial charge in [-0.1, -0.05) is 24.6 Å². The molecule has 0 N–H and O–H groups in total. The van der Waals surface area contributed by atoms with E-state index in [1.165, 1.54) is 16.7 Å². The van der Waals surface area contributed by atoms with Gasteiger partial charge in [0.2, 0.25) is 0 Å². The molecule has 5 rings (SSSR count). The van der Waals surface area contributed by atoms with Crippen LogP contribution in [0.1, 0.15) is 76.2 Å². The van der Waals surface area contributed by atoms with Crippen LogP contribution in [0.15, 0.2) is 47.1 Å². The van der Waals surface area contributed by atoms with Crippen molar-refractivity contribution in [1.82, 2.24) is 0 Å². The molecule has 1 aromatic rings. The Morgan fingerprint density at radius 1 is 1.03 bits per heavy atom. The Morgan fingerprint density at radius 2 is 1.84 bits per heavy atom. The van der Waals surface area contributed by atoms with Crippen molar-refractivity contribution < 1.29 is 14.3 Å². The normalized spacial score (nSPS) is 31.7. The minimum absolute atomic E-state index is 0.220. The monoisotopic (exact) mass is 452 g/mol. The van der Waals surface area contributed by atoms with E-state index in [0.717, 1.165) is 57.1 Å². The molecule has 0 amide bonds. The van der Waals surface area contributed by atoms with Crippen molar-refractivity contribution in [2.75, 3.05) is 12.5 Å². The predicted molar refractivity (Wildman–Crippen MR) is 127 cm³/mol. The molecule has 0 aliphatic heterocycles. The standard InChI is InChI=1S/C28H33ClO3/c1-28-17-24(18-4-8-21(9-5-18)32-15-3-2-14-29)27-22-11-7-20(30)16-19(22)6-10-23(27)25(28)12-13-26(28)31/h4-5,8-9,16,23-25H,2-3,6-7,10-15,17H2,1H3/t23-,24+,25-,28-/m0/s1. The van der Waals surface area contributed by atoms with E-state index in [-0.39, 0.29) is 17.1 Å². The van der Waals surface area contributed by atoms with E-state index in [1.807, 2.05) is 6.08 Å². The molecule has 4 atom stereocenters. The van der Waals surface area contributed by atoms with E-state index in [9.17, 15) is 9.59 Å². The molecule has 0 radical (unpaired) electrons. The SMILES string of the molecule is C[C@]12C[C@H](c3ccc(OCCCCCl)cc3)C3=C4CCC(=O)C=C4CC[C@H]3[C@@H]1CCC2=O. The Balaban J connectivity index is 1.50. The number of fused-ring (bicyclic) bond motifs is 4. The fraction of sp³-hybridized carbons (Fsp3) is 0.571. The molecule has 4 aliphatic rings. The number of carbonyl (C=O) groups is 2. The van der Waals surface area contributed by atoms with Crippen molar-refractivity contribution in [1.29, 1.82) is 0 Å². The Kier molecular flexibility index (Phi) is 6.05. The topological polar surface area (TPSA) is 43.4 Å². The number of halogens is 1. The lowest BCUT2D eigenvalue weighted by atomic mass is 9.53. The van der Waals surface area contributed by atoms with Crippen molar-refractivity contribution in [2.24, 2.45) is 17.3 Å². The molecule has 4 heteroatoms. The van der Waals surface area contributed by atoms with E-state index in [4.69, 9.17) is 16.3 Å². The van der Waals surface area contributed by atoms with Gasteiger partial charge in [-0.2, -0.15) is 0 Å². The highest BCUT2D eigenvalue weighted by Crippen LogP contribution is 2.62. The van der Waals surface area contributed by atoms with Gasteiger partial charge in [0.05, 0.1) is 6.61 Å². The van der Waals surface area contributed by atoms with Crippen molar-refractivity contribution in [2.45, 2.75) is 70.6 Å². The fourth-order valence-electron chi connectivity index (χ4n) is 6.91. The van der Waals surface area contributed by atoms with Crippen LogP contribution in [0.4, 0.5) is 0 Å². The third-order valence-corrected chi connectivity index (χ3v) is 8.79. The average Bonchev–Trinajstić information content (AvgIpc) is 3.10. The van der Waals surface area contributed by atoms with Crippen LogP contribution in [0.5, 0.6) is 5.75 Å². The van der Waals surface area contributed by atoms with E-state index in [0.29, 0.717) is 36.5 Å². The van der Waals surface area contributed by atoms with Crippen LogP contribution < -0.4 is 4.74 Å². The largest absolute Gasteiger partial charge is 0.494 e. The summed E-state index contributed by atoms with van der Waals surface area (Å²) in [5, 5.41) is 0. The van der Waals surface area contributed by atoms with E-state index in [2.05, 4.69) is 31.2 Å². The molecule has 0 aromatic heterocycles. The summed E-state index contributed by atoms with van der Waals surface area (Å²) in [5.41, 5.74) is 5.31. The highest BCUT2D eigenvalue weighted by atomic mass is 35.5. The van der Waals surface area contributed by atoms with Gasteiger partial charge in [-0.15, -0.1) is 11.6 Å². The number of rotatable bonds is 6. The Bertz CT molecular complexity index is 973. The Morgan fingerprint density at radius 3 is 2.62 bits per heavy atom. The smallest absolute Gasteiger partial charge is 0.156 e. The van der Waals surface area contributed by atoms with Gasteiger partial charge < -0.3 is 4.74 Å². The summed E-state index contributed by atoms with van der Waals surface area (Å²) in [6, 6.07) is 8.54. The van der Waals surface area contributed by atoms with Gasteiger partial charge in [0.15, 0.2) is 5.78 Å². The quantitative estimate of drug-likeness (QED) is 0.363. The first-order valence-corrected chi connectivity index (χ1v) is 12.8. The first kappa shape index (κ1) is 21.9. The lowest BCUT2D eigenvalue weighted by Crippen LogP contribution is -2.43. The van der Waals surface area contributed by atoms with Gasteiger partial charge in [0.1, 0.15) is 11.5 Å². The molecule has 3 nitrogen and oxygen atoms in total. The number of alkyl halides is 1. The number of hydrogen-bond donors (Lipinski definition) is 0. The van der Waals surface area contributed by atoms with Gasteiger partial charge >= 0.3 is 0 Å². The molecule has 32 heavy (non-hydrogen) atoms. The summed E-state index contributed by atoms with van der Waals surface area (Å²) in [7, 11) is 0. The molecule has 2 fully saturated rings. The van der Waals surface area contributed by atoms with Crippen LogP contribution in [0.25, 0.3) is 0 Å². The molecular formula is C28H33ClO3. The second-order valence-electron chi connectivity index (χ2n) is 10.3. The Hall–Kier alpha value is -1.87. The molecule has 170 valence electrons. The Labute approximate surface area is 196 Å². The number of ketones is 2. The molecule has 0 saturated heterocycles. The second kappa shape index (κ2) is 8.82. The molecule has 2 saturated carbocycles. The summed E-state index contributed by atoms with van der Waals surface area (Å²) >= 11 is 5.76. The minimum atomic E-state index is -0.220. The number of carbonyl (C=O) groups excluding carboxylic acids is 2. The van der Waals surface area contributed by atoms with E-state index in [1.54, 1.807) is 5.57 Å². The number of benzene rings is 1. The lowest BCUT2D eigenvalue weighted by molar-refractivity contribution is -0.128. The molecule has 1 aromatic carbocycles. The summed E-state index contributed by atoms with van der Waals surface area (Å²) < 4.78 is 5.89. The average molecular weight is 453 g/mol. The zero-order valence-electron chi connectivity index (χ0n) is 19.0. The maximum absolute atomic E-state index is 13.0. The number of ether oxygens (including phenoxy) is 1. The van der Waals surface area contributed by atoms with Crippen LogP contribution in [0, 0.1) is 17.3 Å². The van der Waals surface area contributed by atoms with Crippen LogP contribution in [0.2, 0.25) is 0 Å². The summed E-state index contributed by atoms with van der Waals surface area (Å²) in [6.45, 7) is 2.91. The maximum atomic E-state index is 13.0. The van der Waals surface area contributed by atoms with E-state index >= 15 is 0 Å². The van der Waals surface area contributed by atoms with Gasteiger partial charge in [0.25, 0.3) is 0 Å². The number of hydrogen-bond acceptors (Lipinski definition) is 3. The highest BCUT2D eigenvalue weighted by Gasteiger charge is 2.56. The third-order valence-electron chi connectivity index (χ3n) is 8.52. The molecule has 4 aliphatic carbocycles. The molecule has 0 bridgehead atoms. The predicted octanol–water partition coefficient (Wildman–Crippen LogP) is 6.55. The summed E-state index contributed by atoms with van der Waals surface area (Å²) in [5.74, 6) is 3.46. The summed E-state index contributed by atoms with van der Waals surface area (Å²) in [4.78, 5) is 25.1. The van der Waals surface area contributed by atoms with Gasteiger partial charge in [0, 0.05) is 30.1 Å². The van der Waals surface area contributed by atoms with Crippen molar-refractivity contribution in [3.8, 4) is 5.75 Å². The maximum Gasteiger partial charge on any atom is 0.156 e. The molecule has 0 heterocycles. The summed E-state index contributed by atoms with van der Waals surface area (Å²) in [6.07, 6.45) is 10.0. The molecular weight excluding hydrogens is 420 g/mol. The molecule has 0 unspecified atom stereocenters. The zero-order chi connectivity index (χ0) is 22.3. The first-order valence-electron chi connectivity index (χ1n) is 12.3. The van der Waals surface area contributed by atoms with E-state index < -0.39 is 0 Å².